The first kappa shape index (κ1) is 14.7. The zero-order valence-electron chi connectivity index (χ0n) is 12.9. The predicted molar refractivity (Wildman–Crippen MR) is 92.6 cm³/mol. The molecule has 4 rings (SSSR count). The average Bonchev–Trinajstić information content (AvgIpc) is 3.29. The van der Waals surface area contributed by atoms with Crippen LogP contribution >= 0.6 is 11.3 Å². The summed E-state index contributed by atoms with van der Waals surface area (Å²) in [6.45, 7) is 0. The van der Waals surface area contributed by atoms with Crippen LogP contribution in [0.1, 0.15) is 31.4 Å². The summed E-state index contributed by atoms with van der Waals surface area (Å²) in [6.07, 6.45) is 2.22. The Morgan fingerprint density at radius 2 is 1.96 bits per heavy atom. The van der Waals surface area contributed by atoms with Gasteiger partial charge in [0.1, 0.15) is 5.00 Å². The maximum Gasteiger partial charge on any atom is 0.291 e. The normalized spacial score (nSPS) is 11.7. The van der Waals surface area contributed by atoms with E-state index in [2.05, 4.69) is 16.7 Å². The van der Waals surface area contributed by atoms with Crippen molar-refractivity contribution in [1.29, 1.82) is 0 Å². The molecule has 3 aromatic rings. The van der Waals surface area contributed by atoms with Gasteiger partial charge >= 0.3 is 0 Å². The molecule has 1 aliphatic carbocycles. The molecule has 2 aromatic heterocycles. The van der Waals surface area contributed by atoms with Crippen LogP contribution in [0.15, 0.2) is 47.1 Å². The van der Waals surface area contributed by atoms with Gasteiger partial charge in [0.15, 0.2) is 5.76 Å². The number of carbonyl (C=O) groups is 2. The Bertz CT molecular complexity index is 941. The van der Waals surface area contributed by atoms with Crippen LogP contribution in [0.5, 0.6) is 0 Å². The van der Waals surface area contributed by atoms with E-state index in [1.165, 1.54) is 23.2 Å². The van der Waals surface area contributed by atoms with E-state index < -0.39 is 0 Å². The molecule has 2 heterocycles. The molecule has 5 nitrogen and oxygen atoms in total. The predicted octanol–water partition coefficient (Wildman–Crippen LogP) is 3.52. The number of hydrogen-bond donors (Lipinski definition) is 2. The van der Waals surface area contributed by atoms with E-state index in [0.29, 0.717) is 10.6 Å². The van der Waals surface area contributed by atoms with Crippen LogP contribution in [0.2, 0.25) is 0 Å². The monoisotopic (exact) mass is 338 g/mol. The highest BCUT2D eigenvalue weighted by atomic mass is 32.1. The third kappa shape index (κ3) is 2.23. The first-order chi connectivity index (χ1) is 11.7. The van der Waals surface area contributed by atoms with Crippen LogP contribution in [-0.2, 0) is 6.42 Å². The second-order valence-electron chi connectivity index (χ2n) is 5.45. The van der Waals surface area contributed by atoms with E-state index in [0.717, 1.165) is 22.4 Å². The van der Waals surface area contributed by atoms with Gasteiger partial charge in [0, 0.05) is 23.9 Å². The number of rotatable bonds is 3. The number of nitrogens with one attached hydrogen (secondary N) is 2. The van der Waals surface area contributed by atoms with Gasteiger partial charge < -0.3 is 15.1 Å². The maximum atomic E-state index is 12.5. The minimum absolute atomic E-state index is 0.209. The topological polar surface area (TPSA) is 71.3 Å². The van der Waals surface area contributed by atoms with Crippen molar-refractivity contribution in [1.82, 2.24) is 5.32 Å². The Morgan fingerprint density at radius 3 is 2.71 bits per heavy atom. The summed E-state index contributed by atoms with van der Waals surface area (Å²) >= 11 is 1.44. The summed E-state index contributed by atoms with van der Waals surface area (Å²) in [5, 5.41) is 6.03. The Balaban J connectivity index is 1.80. The summed E-state index contributed by atoms with van der Waals surface area (Å²) in [5.74, 6) is -0.357. The smallest absolute Gasteiger partial charge is 0.291 e. The lowest BCUT2D eigenvalue weighted by Crippen LogP contribution is -2.20. The van der Waals surface area contributed by atoms with Gasteiger partial charge in [-0.2, -0.15) is 0 Å². The number of hydrogen-bond acceptors (Lipinski definition) is 4. The first-order valence-corrected chi connectivity index (χ1v) is 8.31. The molecule has 0 radical (unpaired) electrons. The lowest BCUT2D eigenvalue weighted by Gasteiger charge is -2.08. The Hall–Kier alpha value is -2.86. The molecule has 0 saturated heterocycles. The Labute approximate surface area is 142 Å². The molecular formula is C18H14N2O3S. The van der Waals surface area contributed by atoms with E-state index in [9.17, 15) is 9.59 Å². The minimum Gasteiger partial charge on any atom is -0.459 e. The molecule has 1 aliphatic rings. The van der Waals surface area contributed by atoms with Crippen molar-refractivity contribution in [3.8, 4) is 11.1 Å². The molecule has 2 N–H and O–H groups in total. The van der Waals surface area contributed by atoms with Crippen LogP contribution in [-0.4, -0.2) is 18.9 Å². The fraction of sp³-hybridized carbons (Fsp3) is 0.111. The Kier molecular flexibility index (Phi) is 3.46. The summed E-state index contributed by atoms with van der Waals surface area (Å²) in [6, 6.07) is 11.3. The Morgan fingerprint density at radius 1 is 1.12 bits per heavy atom. The van der Waals surface area contributed by atoms with Gasteiger partial charge in [-0.1, -0.05) is 24.3 Å². The van der Waals surface area contributed by atoms with Gasteiger partial charge in [0.25, 0.3) is 11.8 Å². The van der Waals surface area contributed by atoms with E-state index in [1.54, 1.807) is 19.2 Å². The van der Waals surface area contributed by atoms with Crippen molar-refractivity contribution in [3.63, 3.8) is 0 Å². The number of carbonyl (C=O) groups excluding carboxylic acids is 2. The third-order valence-corrected chi connectivity index (χ3v) is 5.15. The first-order valence-electron chi connectivity index (χ1n) is 7.50. The maximum absolute atomic E-state index is 12.5. The number of thiophene rings is 1. The van der Waals surface area contributed by atoms with Crippen LogP contribution in [0.4, 0.5) is 5.00 Å². The highest BCUT2D eigenvalue weighted by Crippen LogP contribution is 2.47. The SMILES string of the molecule is CNC(=O)c1c(NC(=O)c2ccco2)sc2c1-c1ccccc1C2. The van der Waals surface area contributed by atoms with Crippen LogP contribution in [0.25, 0.3) is 11.1 Å². The molecule has 0 fully saturated rings. The summed E-state index contributed by atoms with van der Waals surface area (Å²) in [7, 11) is 1.59. The second-order valence-corrected chi connectivity index (χ2v) is 6.55. The van der Waals surface area contributed by atoms with Crippen molar-refractivity contribution >= 4 is 28.2 Å². The largest absolute Gasteiger partial charge is 0.459 e. The number of furan rings is 1. The van der Waals surface area contributed by atoms with Gasteiger partial charge in [-0.15, -0.1) is 11.3 Å². The quantitative estimate of drug-likeness (QED) is 0.600. The highest BCUT2D eigenvalue weighted by molar-refractivity contribution is 7.17. The molecule has 0 unspecified atom stereocenters. The zero-order chi connectivity index (χ0) is 16.7. The minimum atomic E-state index is -0.363. The molecule has 24 heavy (non-hydrogen) atoms. The van der Waals surface area contributed by atoms with Crippen LogP contribution in [0, 0.1) is 0 Å². The van der Waals surface area contributed by atoms with Crippen LogP contribution < -0.4 is 10.6 Å². The molecule has 0 atom stereocenters. The molecule has 1 aromatic carbocycles. The van der Waals surface area contributed by atoms with Crippen molar-refractivity contribution < 1.29 is 14.0 Å². The number of anilines is 1. The molecule has 0 saturated carbocycles. The molecule has 0 bridgehead atoms. The van der Waals surface area contributed by atoms with Gasteiger partial charge in [-0.3, -0.25) is 9.59 Å². The van der Waals surface area contributed by atoms with E-state index in [1.807, 2.05) is 18.2 Å². The summed E-state index contributed by atoms with van der Waals surface area (Å²) < 4.78 is 5.12. The number of benzene rings is 1. The average molecular weight is 338 g/mol. The van der Waals surface area contributed by atoms with Gasteiger partial charge in [-0.05, 0) is 23.3 Å². The summed E-state index contributed by atoms with van der Waals surface area (Å²) in [5.41, 5.74) is 3.70. The third-order valence-electron chi connectivity index (χ3n) is 4.05. The van der Waals surface area contributed by atoms with E-state index in [-0.39, 0.29) is 17.6 Å². The lowest BCUT2D eigenvalue weighted by atomic mass is 10.0. The lowest BCUT2D eigenvalue weighted by molar-refractivity contribution is 0.0965. The van der Waals surface area contributed by atoms with Gasteiger partial charge in [0.05, 0.1) is 11.8 Å². The van der Waals surface area contributed by atoms with Gasteiger partial charge in [0.2, 0.25) is 0 Å². The fourth-order valence-electron chi connectivity index (χ4n) is 2.98. The number of amides is 2. The number of fused-ring (bicyclic) bond motifs is 3. The molecule has 2 amide bonds. The standard InChI is InChI=1S/C18H14N2O3S/c1-19-17(22)15-14-11-6-3-2-5-10(11)9-13(14)24-18(15)20-16(21)12-7-4-8-23-12/h2-8H,9H2,1H3,(H,19,22)(H,20,21). The molecule has 6 heteroatoms. The van der Waals surface area contributed by atoms with E-state index in [4.69, 9.17) is 4.42 Å². The van der Waals surface area contributed by atoms with E-state index >= 15 is 0 Å². The molecule has 0 aliphatic heterocycles. The van der Waals surface area contributed by atoms with Crippen molar-refractivity contribution in [2.45, 2.75) is 6.42 Å². The van der Waals surface area contributed by atoms with Crippen molar-refractivity contribution in [2.75, 3.05) is 12.4 Å². The highest BCUT2D eigenvalue weighted by Gasteiger charge is 2.30. The van der Waals surface area contributed by atoms with Crippen molar-refractivity contribution in [3.05, 3.63) is 64.4 Å². The molecular weight excluding hydrogens is 324 g/mol. The second kappa shape index (κ2) is 5.65. The molecule has 0 spiro atoms. The summed E-state index contributed by atoms with van der Waals surface area (Å²) in [4.78, 5) is 25.8. The van der Waals surface area contributed by atoms with Crippen LogP contribution in [0.3, 0.4) is 0 Å². The zero-order valence-corrected chi connectivity index (χ0v) is 13.7. The van der Waals surface area contributed by atoms with Gasteiger partial charge in [-0.25, -0.2) is 0 Å². The molecule has 120 valence electrons. The van der Waals surface area contributed by atoms with Crippen molar-refractivity contribution in [2.24, 2.45) is 0 Å². The fourth-order valence-corrected chi connectivity index (χ4v) is 4.21.